The van der Waals surface area contributed by atoms with Gasteiger partial charge in [0, 0.05) is 40.4 Å². The van der Waals surface area contributed by atoms with Gasteiger partial charge in [0.1, 0.15) is 11.2 Å². The number of hydrogen-bond acceptors (Lipinski definition) is 5. The van der Waals surface area contributed by atoms with E-state index in [9.17, 15) is 14.4 Å². The van der Waals surface area contributed by atoms with Crippen LogP contribution in [0.3, 0.4) is 0 Å². The number of aliphatic carboxylic acids is 1. The van der Waals surface area contributed by atoms with Gasteiger partial charge in [-0.15, -0.1) is 0 Å². The number of carboxylic acids is 1. The maximum absolute atomic E-state index is 12.7. The summed E-state index contributed by atoms with van der Waals surface area (Å²) < 4.78 is 11.5. The molecular weight excluding hydrogens is 410 g/mol. The van der Waals surface area contributed by atoms with Crippen LogP contribution in [0.4, 0.5) is 0 Å². The number of rotatable bonds is 7. The average molecular weight is 433 g/mol. The molecule has 7 heteroatoms. The van der Waals surface area contributed by atoms with Crippen molar-refractivity contribution in [3.05, 3.63) is 69.8 Å². The third-order valence-electron chi connectivity index (χ3n) is 5.69. The Balaban J connectivity index is 1.71. The van der Waals surface area contributed by atoms with Crippen LogP contribution in [0.2, 0.25) is 0 Å². The van der Waals surface area contributed by atoms with Gasteiger partial charge in [-0.1, -0.05) is 30.3 Å². The maximum atomic E-state index is 12.7. The monoisotopic (exact) mass is 433 g/mol. The Bertz CT molecular complexity index is 1380. The second-order valence-electron chi connectivity index (χ2n) is 7.76. The molecule has 1 amide bonds. The van der Waals surface area contributed by atoms with Gasteiger partial charge in [-0.2, -0.15) is 0 Å². The van der Waals surface area contributed by atoms with Crippen molar-refractivity contribution in [3.63, 3.8) is 0 Å². The van der Waals surface area contributed by atoms with Crippen LogP contribution in [0.5, 0.6) is 0 Å². The highest BCUT2D eigenvalue weighted by atomic mass is 16.4. The summed E-state index contributed by atoms with van der Waals surface area (Å²) >= 11 is 0. The molecule has 164 valence electrons. The highest BCUT2D eigenvalue weighted by Crippen LogP contribution is 2.37. The van der Waals surface area contributed by atoms with Gasteiger partial charge in [-0.3, -0.25) is 9.59 Å². The third kappa shape index (κ3) is 4.01. The Morgan fingerprint density at radius 2 is 1.75 bits per heavy atom. The summed E-state index contributed by atoms with van der Waals surface area (Å²) in [4.78, 5) is 35.3. The molecule has 0 aliphatic carbocycles. The summed E-state index contributed by atoms with van der Waals surface area (Å²) in [5.74, 6) is -1.29. The van der Waals surface area contributed by atoms with Gasteiger partial charge in [-0.25, -0.2) is 4.79 Å². The zero-order valence-corrected chi connectivity index (χ0v) is 17.9. The number of nitrogens with one attached hydrogen (secondary N) is 1. The number of benzene rings is 2. The molecule has 0 radical (unpaired) electrons. The van der Waals surface area contributed by atoms with E-state index in [1.807, 2.05) is 50.2 Å². The zero-order valence-electron chi connectivity index (χ0n) is 17.9. The molecule has 0 aliphatic heterocycles. The molecule has 2 N–H and O–H groups in total. The Morgan fingerprint density at radius 3 is 2.47 bits per heavy atom. The average Bonchev–Trinajstić information content (AvgIpc) is 3.19. The van der Waals surface area contributed by atoms with Crippen LogP contribution in [0.1, 0.15) is 29.5 Å². The standard InChI is InChI=1S/C25H23NO6/c1-14-17(8-9-21(27)26-11-10-22(28)29)25(30)32-24-15(2)23-19(12-18(14)24)20(13-31-23)16-6-4-3-5-7-16/h3-7,12-13H,8-11H2,1-2H3,(H,26,27)(H,28,29). The van der Waals surface area contributed by atoms with E-state index < -0.39 is 11.6 Å². The van der Waals surface area contributed by atoms with E-state index in [1.54, 1.807) is 6.26 Å². The van der Waals surface area contributed by atoms with E-state index in [4.69, 9.17) is 13.9 Å². The molecule has 2 aromatic carbocycles. The van der Waals surface area contributed by atoms with Crippen LogP contribution in [-0.2, 0) is 16.0 Å². The lowest BCUT2D eigenvalue weighted by Crippen LogP contribution is -2.26. The Kier molecular flexibility index (Phi) is 5.81. The first-order valence-corrected chi connectivity index (χ1v) is 10.4. The van der Waals surface area contributed by atoms with E-state index in [0.717, 1.165) is 33.0 Å². The van der Waals surface area contributed by atoms with Gasteiger partial charge in [0.05, 0.1) is 12.7 Å². The molecule has 0 aliphatic rings. The summed E-state index contributed by atoms with van der Waals surface area (Å²) in [6.07, 6.45) is 1.84. The van der Waals surface area contributed by atoms with Gasteiger partial charge in [0.2, 0.25) is 5.91 Å². The highest BCUT2D eigenvalue weighted by molar-refractivity contribution is 6.04. The van der Waals surface area contributed by atoms with Crippen LogP contribution < -0.4 is 10.9 Å². The zero-order chi connectivity index (χ0) is 22.8. The van der Waals surface area contributed by atoms with Crippen molar-refractivity contribution in [2.45, 2.75) is 33.1 Å². The summed E-state index contributed by atoms with van der Waals surface area (Å²) in [6.45, 7) is 3.77. The van der Waals surface area contributed by atoms with Crippen LogP contribution in [-0.4, -0.2) is 23.5 Å². The molecular formula is C25H23NO6. The lowest BCUT2D eigenvalue weighted by atomic mass is 9.97. The van der Waals surface area contributed by atoms with Gasteiger partial charge in [0.25, 0.3) is 0 Å². The molecule has 0 saturated heterocycles. The van der Waals surface area contributed by atoms with Crippen LogP contribution in [0.25, 0.3) is 33.1 Å². The molecule has 7 nitrogen and oxygen atoms in total. The van der Waals surface area contributed by atoms with Crippen molar-refractivity contribution in [1.82, 2.24) is 5.32 Å². The SMILES string of the molecule is Cc1c(CCC(=O)NCCC(=O)O)c(=O)oc2c(C)c3occ(-c4ccccc4)c3cc12. The molecule has 0 saturated carbocycles. The summed E-state index contributed by atoms with van der Waals surface area (Å²) in [5.41, 5.74) is 4.60. The normalized spacial score (nSPS) is 11.2. The van der Waals surface area contributed by atoms with Crippen LogP contribution in [0.15, 0.2) is 56.3 Å². The number of hydrogen-bond donors (Lipinski definition) is 2. The first-order valence-electron chi connectivity index (χ1n) is 10.4. The van der Waals surface area contributed by atoms with Crippen LogP contribution in [0, 0.1) is 13.8 Å². The van der Waals surface area contributed by atoms with Gasteiger partial charge in [0.15, 0.2) is 0 Å². The smallest absolute Gasteiger partial charge is 0.339 e. The minimum Gasteiger partial charge on any atom is -0.481 e. The van der Waals surface area contributed by atoms with Crippen molar-refractivity contribution in [1.29, 1.82) is 0 Å². The number of fused-ring (bicyclic) bond motifs is 2. The highest BCUT2D eigenvalue weighted by Gasteiger charge is 2.19. The van der Waals surface area contributed by atoms with Crippen molar-refractivity contribution in [3.8, 4) is 11.1 Å². The predicted molar refractivity (Wildman–Crippen MR) is 121 cm³/mol. The summed E-state index contributed by atoms with van der Waals surface area (Å²) in [5, 5.41) is 12.9. The van der Waals surface area contributed by atoms with E-state index in [-0.39, 0.29) is 31.7 Å². The van der Waals surface area contributed by atoms with E-state index >= 15 is 0 Å². The molecule has 0 atom stereocenters. The first-order chi connectivity index (χ1) is 15.4. The van der Waals surface area contributed by atoms with Crippen LogP contribution >= 0.6 is 0 Å². The van der Waals surface area contributed by atoms with Crippen molar-refractivity contribution < 1.29 is 23.5 Å². The second-order valence-corrected chi connectivity index (χ2v) is 7.76. The number of carbonyl (C=O) groups excluding carboxylic acids is 1. The molecule has 4 rings (SSSR count). The molecule has 0 bridgehead atoms. The largest absolute Gasteiger partial charge is 0.481 e. The molecule has 4 aromatic rings. The first kappa shape index (κ1) is 21.4. The quantitative estimate of drug-likeness (QED) is 0.420. The number of furan rings is 1. The number of carbonyl (C=O) groups is 2. The molecule has 0 unspecified atom stereocenters. The van der Waals surface area contributed by atoms with Gasteiger partial charge < -0.3 is 19.3 Å². The van der Waals surface area contributed by atoms with E-state index in [0.29, 0.717) is 16.7 Å². The topological polar surface area (TPSA) is 110 Å². The number of aryl methyl sites for hydroxylation is 2. The Morgan fingerprint density at radius 1 is 1.00 bits per heavy atom. The second kappa shape index (κ2) is 8.70. The number of amides is 1. The molecule has 32 heavy (non-hydrogen) atoms. The molecule has 0 spiro atoms. The fraction of sp³-hybridized carbons (Fsp3) is 0.240. The lowest BCUT2D eigenvalue weighted by Gasteiger charge is -2.10. The fourth-order valence-corrected chi connectivity index (χ4v) is 3.96. The van der Waals surface area contributed by atoms with Crippen molar-refractivity contribution in [2.75, 3.05) is 6.54 Å². The summed E-state index contributed by atoms with van der Waals surface area (Å²) in [7, 11) is 0. The van der Waals surface area contributed by atoms with E-state index in [2.05, 4.69) is 5.32 Å². The maximum Gasteiger partial charge on any atom is 0.339 e. The third-order valence-corrected chi connectivity index (χ3v) is 5.69. The number of carboxylic acid groups (broad SMARTS) is 1. The summed E-state index contributed by atoms with van der Waals surface area (Å²) in [6, 6.07) is 11.9. The fourth-order valence-electron chi connectivity index (χ4n) is 3.96. The predicted octanol–water partition coefficient (Wildman–Crippen LogP) is 4.35. The minimum atomic E-state index is -0.980. The van der Waals surface area contributed by atoms with E-state index in [1.165, 1.54) is 0 Å². The van der Waals surface area contributed by atoms with Gasteiger partial charge >= 0.3 is 11.6 Å². The Hall–Kier alpha value is -3.87. The van der Waals surface area contributed by atoms with Crippen molar-refractivity contribution in [2.24, 2.45) is 0 Å². The molecule has 2 aromatic heterocycles. The van der Waals surface area contributed by atoms with Crippen molar-refractivity contribution >= 4 is 33.8 Å². The molecule has 2 heterocycles. The van der Waals surface area contributed by atoms with Gasteiger partial charge in [-0.05, 0) is 37.5 Å². The lowest BCUT2D eigenvalue weighted by molar-refractivity contribution is -0.136. The minimum absolute atomic E-state index is 0.0550. The molecule has 0 fully saturated rings. The Labute approximate surface area is 183 Å².